The number of amides is 2. The Morgan fingerprint density at radius 1 is 1.71 bits per heavy atom. The summed E-state index contributed by atoms with van der Waals surface area (Å²) in [4.78, 5) is 23.5. The first-order valence-electron chi connectivity index (χ1n) is 4.82. The Morgan fingerprint density at radius 2 is 2.43 bits per heavy atom. The first kappa shape index (κ1) is 11.0. The summed E-state index contributed by atoms with van der Waals surface area (Å²) >= 11 is 0. The molecule has 14 heavy (non-hydrogen) atoms. The minimum Gasteiger partial charge on any atom is -0.369 e. The number of piperidine rings is 1. The van der Waals surface area contributed by atoms with E-state index in [2.05, 4.69) is 5.32 Å². The lowest BCUT2D eigenvalue weighted by Gasteiger charge is -2.28. The van der Waals surface area contributed by atoms with Crippen LogP contribution in [0.25, 0.3) is 0 Å². The van der Waals surface area contributed by atoms with Gasteiger partial charge in [0.1, 0.15) is 0 Å². The maximum absolute atomic E-state index is 11.3. The van der Waals surface area contributed by atoms with Crippen molar-refractivity contribution in [2.75, 3.05) is 26.7 Å². The van der Waals surface area contributed by atoms with E-state index in [9.17, 15) is 9.59 Å². The smallest absolute Gasteiger partial charge is 0.231 e. The molecule has 2 amide bonds. The zero-order chi connectivity index (χ0) is 10.6. The summed E-state index contributed by atoms with van der Waals surface area (Å²) in [7, 11) is 1.81. The molecule has 0 aromatic rings. The Labute approximate surface area is 83.6 Å². The normalized spacial score (nSPS) is 22.5. The number of hydrogen-bond acceptors (Lipinski definition) is 3. The fourth-order valence-electron chi connectivity index (χ4n) is 1.58. The third-order valence-electron chi connectivity index (χ3n) is 2.49. The van der Waals surface area contributed by atoms with Crippen molar-refractivity contribution >= 4 is 11.8 Å². The van der Waals surface area contributed by atoms with Crippen LogP contribution in [0.2, 0.25) is 0 Å². The second-order valence-corrected chi connectivity index (χ2v) is 3.77. The van der Waals surface area contributed by atoms with Crippen molar-refractivity contribution < 1.29 is 9.59 Å². The predicted octanol–water partition coefficient (Wildman–Crippen LogP) is -1.07. The molecule has 1 saturated heterocycles. The van der Waals surface area contributed by atoms with Gasteiger partial charge in [-0.15, -0.1) is 0 Å². The number of primary amides is 1. The fourth-order valence-corrected chi connectivity index (χ4v) is 1.58. The second-order valence-electron chi connectivity index (χ2n) is 3.77. The van der Waals surface area contributed by atoms with Crippen LogP contribution in [0.4, 0.5) is 0 Å². The SMILES string of the molecule is CN1CCC(CNCC(N)=O)CC1=O. The molecule has 3 N–H and O–H groups in total. The Morgan fingerprint density at radius 3 is 3.00 bits per heavy atom. The van der Waals surface area contributed by atoms with Crippen molar-refractivity contribution in [1.29, 1.82) is 0 Å². The standard InChI is InChI=1S/C9H17N3O2/c1-12-3-2-7(4-9(12)14)5-11-6-8(10)13/h7,11H,2-6H2,1H3,(H2,10,13). The van der Waals surface area contributed by atoms with E-state index in [0.717, 1.165) is 13.0 Å². The van der Waals surface area contributed by atoms with Crippen molar-refractivity contribution in [3.05, 3.63) is 0 Å². The van der Waals surface area contributed by atoms with E-state index in [-0.39, 0.29) is 18.4 Å². The van der Waals surface area contributed by atoms with Gasteiger partial charge in [-0.25, -0.2) is 0 Å². The minimum absolute atomic E-state index is 0.183. The molecule has 5 nitrogen and oxygen atoms in total. The van der Waals surface area contributed by atoms with E-state index < -0.39 is 0 Å². The molecule has 1 rings (SSSR count). The zero-order valence-corrected chi connectivity index (χ0v) is 8.45. The number of likely N-dealkylation sites (tertiary alicyclic amines) is 1. The molecule has 1 unspecified atom stereocenters. The Balaban J connectivity index is 2.20. The maximum atomic E-state index is 11.3. The number of nitrogens with zero attached hydrogens (tertiary/aromatic N) is 1. The summed E-state index contributed by atoms with van der Waals surface area (Å²) in [5.41, 5.74) is 4.98. The van der Waals surface area contributed by atoms with Crippen molar-refractivity contribution in [2.45, 2.75) is 12.8 Å². The lowest BCUT2D eigenvalue weighted by Crippen LogP contribution is -2.40. The summed E-state index contributed by atoms with van der Waals surface area (Å²) in [5.74, 6) is 0.171. The summed E-state index contributed by atoms with van der Waals surface area (Å²) in [6.45, 7) is 1.70. The third-order valence-corrected chi connectivity index (χ3v) is 2.49. The largest absolute Gasteiger partial charge is 0.369 e. The van der Waals surface area contributed by atoms with E-state index in [0.29, 0.717) is 18.9 Å². The summed E-state index contributed by atoms with van der Waals surface area (Å²) in [6.07, 6.45) is 1.57. The maximum Gasteiger partial charge on any atom is 0.231 e. The summed E-state index contributed by atoms with van der Waals surface area (Å²) in [6, 6.07) is 0. The highest BCUT2D eigenvalue weighted by Crippen LogP contribution is 2.15. The van der Waals surface area contributed by atoms with Crippen LogP contribution in [0.5, 0.6) is 0 Å². The third kappa shape index (κ3) is 3.33. The van der Waals surface area contributed by atoms with Crippen LogP contribution in [-0.2, 0) is 9.59 Å². The molecule has 1 aliphatic rings. The number of carbonyl (C=O) groups excluding carboxylic acids is 2. The van der Waals surface area contributed by atoms with Gasteiger partial charge in [0.2, 0.25) is 11.8 Å². The van der Waals surface area contributed by atoms with Crippen LogP contribution < -0.4 is 11.1 Å². The van der Waals surface area contributed by atoms with Crippen molar-refractivity contribution in [3.63, 3.8) is 0 Å². The molecule has 0 aromatic carbocycles. The second kappa shape index (κ2) is 4.95. The predicted molar refractivity (Wildman–Crippen MR) is 52.4 cm³/mol. The van der Waals surface area contributed by atoms with Crippen molar-refractivity contribution in [2.24, 2.45) is 11.7 Å². The van der Waals surface area contributed by atoms with Crippen LogP contribution in [0.15, 0.2) is 0 Å². The van der Waals surface area contributed by atoms with Gasteiger partial charge in [0.25, 0.3) is 0 Å². The highest BCUT2D eigenvalue weighted by Gasteiger charge is 2.22. The Kier molecular flexibility index (Phi) is 3.88. The van der Waals surface area contributed by atoms with Crippen molar-refractivity contribution in [1.82, 2.24) is 10.2 Å². The monoisotopic (exact) mass is 199 g/mol. The molecule has 1 aliphatic heterocycles. The van der Waals surface area contributed by atoms with Crippen LogP contribution in [0, 0.1) is 5.92 Å². The zero-order valence-electron chi connectivity index (χ0n) is 8.45. The highest BCUT2D eigenvalue weighted by atomic mass is 16.2. The van der Waals surface area contributed by atoms with Gasteiger partial charge in [-0.05, 0) is 18.9 Å². The van der Waals surface area contributed by atoms with E-state index in [1.54, 1.807) is 4.90 Å². The molecule has 0 aromatic heterocycles. The topological polar surface area (TPSA) is 75.4 Å². The molecule has 1 fully saturated rings. The number of carbonyl (C=O) groups is 2. The molecule has 0 bridgehead atoms. The summed E-state index contributed by atoms with van der Waals surface area (Å²) < 4.78 is 0. The average molecular weight is 199 g/mol. The number of hydrogen-bond donors (Lipinski definition) is 2. The lowest BCUT2D eigenvalue weighted by atomic mass is 9.96. The minimum atomic E-state index is -0.357. The van der Waals surface area contributed by atoms with E-state index in [1.165, 1.54) is 0 Å². The van der Waals surface area contributed by atoms with Crippen LogP contribution >= 0.6 is 0 Å². The van der Waals surface area contributed by atoms with Crippen LogP contribution in [-0.4, -0.2) is 43.4 Å². The van der Waals surface area contributed by atoms with Crippen molar-refractivity contribution in [3.8, 4) is 0 Å². The summed E-state index contributed by atoms with van der Waals surface area (Å²) in [5, 5.41) is 2.94. The molecule has 0 spiro atoms. The van der Waals surface area contributed by atoms with Gasteiger partial charge in [-0.1, -0.05) is 0 Å². The quantitative estimate of drug-likeness (QED) is 0.605. The van der Waals surface area contributed by atoms with Gasteiger partial charge < -0.3 is 16.0 Å². The van der Waals surface area contributed by atoms with Gasteiger partial charge in [0.05, 0.1) is 6.54 Å². The molecule has 5 heteroatoms. The molecular formula is C9H17N3O2. The molecule has 0 aliphatic carbocycles. The molecule has 1 heterocycles. The Hall–Kier alpha value is -1.10. The van der Waals surface area contributed by atoms with E-state index in [1.807, 2.05) is 7.05 Å². The fraction of sp³-hybridized carbons (Fsp3) is 0.778. The van der Waals surface area contributed by atoms with Gasteiger partial charge >= 0.3 is 0 Å². The first-order chi connectivity index (χ1) is 6.59. The van der Waals surface area contributed by atoms with Crippen LogP contribution in [0.3, 0.4) is 0 Å². The van der Waals surface area contributed by atoms with E-state index in [4.69, 9.17) is 5.73 Å². The lowest BCUT2D eigenvalue weighted by molar-refractivity contribution is -0.133. The molecule has 1 atom stereocenters. The van der Waals surface area contributed by atoms with E-state index >= 15 is 0 Å². The van der Waals surface area contributed by atoms with Gasteiger partial charge in [-0.3, -0.25) is 9.59 Å². The number of rotatable bonds is 4. The number of nitrogens with two attached hydrogens (primary N) is 1. The van der Waals surface area contributed by atoms with Gasteiger partial charge in [0, 0.05) is 20.0 Å². The number of nitrogens with one attached hydrogen (secondary N) is 1. The average Bonchev–Trinajstić information content (AvgIpc) is 2.10. The molecule has 80 valence electrons. The first-order valence-corrected chi connectivity index (χ1v) is 4.82. The molecule has 0 radical (unpaired) electrons. The Bertz CT molecular complexity index is 230. The van der Waals surface area contributed by atoms with Gasteiger partial charge in [0.15, 0.2) is 0 Å². The molecule has 0 saturated carbocycles. The highest BCUT2D eigenvalue weighted by molar-refractivity contribution is 5.77. The van der Waals surface area contributed by atoms with Crippen LogP contribution in [0.1, 0.15) is 12.8 Å². The van der Waals surface area contributed by atoms with Gasteiger partial charge in [-0.2, -0.15) is 0 Å². The molecular weight excluding hydrogens is 182 g/mol.